The highest BCUT2D eigenvalue weighted by atomic mass is 19.1. The summed E-state index contributed by atoms with van der Waals surface area (Å²) in [5.74, 6) is 0.256. The van der Waals surface area contributed by atoms with E-state index in [2.05, 4.69) is 11.0 Å². The maximum atomic E-state index is 13.9. The van der Waals surface area contributed by atoms with Gasteiger partial charge in [-0.05, 0) is 50.6 Å². The normalized spacial score (nSPS) is 22.8. The molecule has 2 unspecified atom stereocenters. The number of nitrogens with zero attached hydrogens (tertiary/aromatic N) is 2. The molecule has 3 nitrogen and oxygen atoms in total. The molecule has 108 valence electrons. The first-order valence-corrected chi connectivity index (χ1v) is 7.24. The molecule has 0 amide bonds. The molecular weight excluding hydrogens is 253 g/mol. The lowest BCUT2D eigenvalue weighted by Gasteiger charge is -2.37. The number of hydrogen-bond donors (Lipinski definition) is 1. The van der Waals surface area contributed by atoms with Gasteiger partial charge in [-0.3, -0.25) is 4.90 Å². The molecule has 4 heteroatoms. The Bertz CT molecular complexity index is 495. The van der Waals surface area contributed by atoms with Crippen molar-refractivity contribution in [1.82, 2.24) is 4.90 Å². The van der Waals surface area contributed by atoms with Gasteiger partial charge in [-0.1, -0.05) is 12.8 Å². The van der Waals surface area contributed by atoms with Gasteiger partial charge in [0.1, 0.15) is 5.82 Å². The van der Waals surface area contributed by atoms with Crippen LogP contribution in [0.15, 0.2) is 18.2 Å². The lowest BCUT2D eigenvalue weighted by Crippen LogP contribution is -2.42. The number of nitrogens with two attached hydrogens (primary N) is 1. The fourth-order valence-electron chi connectivity index (χ4n) is 3.19. The van der Waals surface area contributed by atoms with Crippen molar-refractivity contribution < 1.29 is 4.39 Å². The zero-order valence-electron chi connectivity index (χ0n) is 12.0. The Labute approximate surface area is 120 Å². The van der Waals surface area contributed by atoms with Gasteiger partial charge in [0.15, 0.2) is 0 Å². The van der Waals surface area contributed by atoms with Crippen LogP contribution in [-0.2, 0) is 6.54 Å². The van der Waals surface area contributed by atoms with Crippen LogP contribution in [-0.4, -0.2) is 24.5 Å². The zero-order valence-corrected chi connectivity index (χ0v) is 12.0. The molecule has 2 N–H and O–H groups in total. The van der Waals surface area contributed by atoms with Gasteiger partial charge in [0.05, 0.1) is 11.6 Å². The lowest BCUT2D eigenvalue weighted by atomic mass is 9.83. The Morgan fingerprint density at radius 3 is 2.85 bits per heavy atom. The molecule has 1 aliphatic rings. The predicted molar refractivity (Wildman–Crippen MR) is 77.4 cm³/mol. The summed E-state index contributed by atoms with van der Waals surface area (Å²) in [6, 6.07) is 7.02. The highest BCUT2D eigenvalue weighted by molar-refractivity contribution is 5.33. The van der Waals surface area contributed by atoms with E-state index in [0.29, 0.717) is 36.2 Å². The van der Waals surface area contributed by atoms with Crippen molar-refractivity contribution in [3.8, 4) is 6.07 Å². The molecule has 1 aromatic rings. The Kier molecular flexibility index (Phi) is 5.11. The summed E-state index contributed by atoms with van der Waals surface area (Å²) in [6.07, 6.45) is 4.74. The van der Waals surface area contributed by atoms with E-state index in [1.54, 1.807) is 6.07 Å². The smallest absolute Gasteiger partial charge is 0.127 e. The third-order valence-electron chi connectivity index (χ3n) is 4.33. The highest BCUT2D eigenvalue weighted by Gasteiger charge is 2.27. The summed E-state index contributed by atoms with van der Waals surface area (Å²) in [6.45, 7) is 1.22. The zero-order chi connectivity index (χ0) is 14.5. The van der Waals surface area contributed by atoms with Crippen molar-refractivity contribution in [2.45, 2.75) is 38.3 Å². The van der Waals surface area contributed by atoms with E-state index < -0.39 is 0 Å². The molecule has 0 aliphatic heterocycles. The quantitative estimate of drug-likeness (QED) is 0.919. The molecule has 0 bridgehead atoms. The molecule has 2 atom stereocenters. The summed E-state index contributed by atoms with van der Waals surface area (Å²) in [7, 11) is 2.02. The molecule has 1 aromatic carbocycles. The second kappa shape index (κ2) is 6.83. The molecule has 0 spiro atoms. The minimum Gasteiger partial charge on any atom is -0.330 e. The minimum absolute atomic E-state index is 0.240. The van der Waals surface area contributed by atoms with Crippen LogP contribution < -0.4 is 5.73 Å². The topological polar surface area (TPSA) is 53.0 Å². The SMILES string of the molecule is CN(Cc1cc(C#N)ccc1F)C1CCCCC1CN. The minimum atomic E-state index is -0.240. The van der Waals surface area contributed by atoms with E-state index in [0.717, 1.165) is 12.8 Å². The first-order chi connectivity index (χ1) is 9.65. The van der Waals surface area contributed by atoms with Crippen LogP contribution in [0.5, 0.6) is 0 Å². The molecule has 1 fully saturated rings. The van der Waals surface area contributed by atoms with Gasteiger partial charge in [-0.15, -0.1) is 0 Å². The van der Waals surface area contributed by atoms with Crippen LogP contribution in [0.2, 0.25) is 0 Å². The average Bonchev–Trinajstić information content (AvgIpc) is 2.49. The summed E-state index contributed by atoms with van der Waals surface area (Å²) < 4.78 is 13.9. The third kappa shape index (κ3) is 3.36. The van der Waals surface area contributed by atoms with Crippen molar-refractivity contribution in [3.05, 3.63) is 35.1 Å². The average molecular weight is 275 g/mol. The standard InChI is InChI=1S/C16H22FN3/c1-20(16-5-3-2-4-13(16)10-19)11-14-8-12(9-18)6-7-15(14)17/h6-8,13,16H,2-5,10-11,19H2,1H3. The molecule has 1 aliphatic carbocycles. The van der Waals surface area contributed by atoms with Crippen LogP contribution in [0.3, 0.4) is 0 Å². The molecule has 0 radical (unpaired) electrons. The number of benzene rings is 1. The van der Waals surface area contributed by atoms with Crippen LogP contribution in [0.4, 0.5) is 4.39 Å². The Morgan fingerprint density at radius 2 is 2.15 bits per heavy atom. The van der Waals surface area contributed by atoms with E-state index in [9.17, 15) is 4.39 Å². The molecule has 0 aromatic heterocycles. The summed E-state index contributed by atoms with van der Waals surface area (Å²) in [5, 5.41) is 8.91. The van der Waals surface area contributed by atoms with E-state index in [1.165, 1.54) is 25.0 Å². The fourth-order valence-corrected chi connectivity index (χ4v) is 3.19. The van der Waals surface area contributed by atoms with Crippen LogP contribution in [0.1, 0.15) is 36.8 Å². The predicted octanol–water partition coefficient (Wildman–Crippen LogP) is 2.65. The van der Waals surface area contributed by atoms with E-state index in [-0.39, 0.29) is 5.82 Å². The summed E-state index contributed by atoms with van der Waals surface area (Å²) >= 11 is 0. The van der Waals surface area contributed by atoms with Crippen molar-refractivity contribution in [2.75, 3.05) is 13.6 Å². The Hall–Kier alpha value is -1.44. The molecule has 20 heavy (non-hydrogen) atoms. The Balaban J connectivity index is 2.10. The van der Waals surface area contributed by atoms with Gasteiger partial charge in [-0.25, -0.2) is 4.39 Å². The van der Waals surface area contributed by atoms with Crippen LogP contribution in [0, 0.1) is 23.1 Å². The summed E-state index contributed by atoms with van der Waals surface area (Å²) in [4.78, 5) is 2.19. The van der Waals surface area contributed by atoms with E-state index >= 15 is 0 Å². The maximum Gasteiger partial charge on any atom is 0.127 e. The van der Waals surface area contributed by atoms with Crippen molar-refractivity contribution in [2.24, 2.45) is 11.7 Å². The first-order valence-electron chi connectivity index (χ1n) is 7.24. The number of nitriles is 1. The second-order valence-electron chi connectivity index (χ2n) is 5.68. The molecule has 0 saturated heterocycles. The highest BCUT2D eigenvalue weighted by Crippen LogP contribution is 2.28. The number of halogens is 1. The van der Waals surface area contributed by atoms with Crippen molar-refractivity contribution in [1.29, 1.82) is 5.26 Å². The maximum absolute atomic E-state index is 13.9. The lowest BCUT2D eigenvalue weighted by molar-refractivity contribution is 0.126. The van der Waals surface area contributed by atoms with Gasteiger partial charge in [0.25, 0.3) is 0 Å². The second-order valence-corrected chi connectivity index (χ2v) is 5.68. The first kappa shape index (κ1) is 15.0. The van der Waals surface area contributed by atoms with Gasteiger partial charge in [0.2, 0.25) is 0 Å². The largest absolute Gasteiger partial charge is 0.330 e. The van der Waals surface area contributed by atoms with Gasteiger partial charge < -0.3 is 5.73 Å². The summed E-state index contributed by atoms with van der Waals surface area (Å²) in [5.41, 5.74) is 6.96. The van der Waals surface area contributed by atoms with Crippen LogP contribution >= 0.6 is 0 Å². The van der Waals surface area contributed by atoms with Gasteiger partial charge in [0, 0.05) is 18.2 Å². The van der Waals surface area contributed by atoms with Crippen molar-refractivity contribution in [3.63, 3.8) is 0 Å². The Morgan fingerprint density at radius 1 is 1.40 bits per heavy atom. The monoisotopic (exact) mass is 275 g/mol. The molecule has 1 saturated carbocycles. The van der Waals surface area contributed by atoms with Gasteiger partial charge >= 0.3 is 0 Å². The molecular formula is C16H22FN3. The third-order valence-corrected chi connectivity index (χ3v) is 4.33. The van der Waals surface area contributed by atoms with Crippen LogP contribution in [0.25, 0.3) is 0 Å². The number of hydrogen-bond acceptors (Lipinski definition) is 3. The molecule has 2 rings (SSSR count). The van der Waals surface area contributed by atoms with Gasteiger partial charge in [-0.2, -0.15) is 5.26 Å². The van der Waals surface area contributed by atoms with E-state index in [4.69, 9.17) is 11.0 Å². The number of rotatable bonds is 4. The van der Waals surface area contributed by atoms with E-state index in [1.807, 2.05) is 7.05 Å². The molecule has 0 heterocycles. The van der Waals surface area contributed by atoms with Crippen molar-refractivity contribution >= 4 is 0 Å². The fraction of sp³-hybridized carbons (Fsp3) is 0.562.